The van der Waals surface area contributed by atoms with Crippen LogP contribution >= 0.6 is 11.5 Å². The molecule has 4 nitrogen and oxygen atoms in total. The van der Waals surface area contributed by atoms with Gasteiger partial charge in [0.2, 0.25) is 0 Å². The predicted molar refractivity (Wildman–Crippen MR) is 103 cm³/mol. The van der Waals surface area contributed by atoms with E-state index in [2.05, 4.69) is 9.36 Å². The van der Waals surface area contributed by atoms with Gasteiger partial charge in [-0.25, -0.2) is 14.2 Å². The molecule has 0 aliphatic rings. The molecule has 0 spiro atoms. The SMILES string of the molecule is O=C(O)c1cc(F)cc(-c2cccc(-c3nsc(-c4ccccc4)n3)c2)c1. The molecule has 0 radical (unpaired) electrons. The second-order valence-electron chi connectivity index (χ2n) is 5.90. The first kappa shape index (κ1) is 17.1. The highest BCUT2D eigenvalue weighted by molar-refractivity contribution is 7.09. The summed E-state index contributed by atoms with van der Waals surface area (Å²) in [6, 6.07) is 20.9. The van der Waals surface area contributed by atoms with E-state index in [1.807, 2.05) is 48.5 Å². The fourth-order valence-corrected chi connectivity index (χ4v) is 3.44. The number of rotatable bonds is 4. The minimum atomic E-state index is -1.17. The van der Waals surface area contributed by atoms with Crippen LogP contribution in [-0.2, 0) is 0 Å². The fraction of sp³-hybridized carbons (Fsp3) is 0. The van der Waals surface area contributed by atoms with E-state index in [-0.39, 0.29) is 5.56 Å². The summed E-state index contributed by atoms with van der Waals surface area (Å²) in [4.78, 5) is 15.8. The highest BCUT2D eigenvalue weighted by Crippen LogP contribution is 2.29. The normalized spacial score (nSPS) is 10.7. The van der Waals surface area contributed by atoms with Gasteiger partial charge in [-0.2, -0.15) is 4.37 Å². The summed E-state index contributed by atoms with van der Waals surface area (Å²) in [5.41, 5.74) is 2.88. The zero-order chi connectivity index (χ0) is 18.8. The molecule has 0 aliphatic heterocycles. The number of carboxylic acids is 1. The van der Waals surface area contributed by atoms with Crippen molar-refractivity contribution in [2.75, 3.05) is 0 Å². The van der Waals surface area contributed by atoms with E-state index in [0.717, 1.165) is 22.2 Å². The Labute approximate surface area is 158 Å². The lowest BCUT2D eigenvalue weighted by Crippen LogP contribution is -1.97. The van der Waals surface area contributed by atoms with Crippen molar-refractivity contribution < 1.29 is 14.3 Å². The smallest absolute Gasteiger partial charge is 0.335 e. The van der Waals surface area contributed by atoms with E-state index in [1.165, 1.54) is 23.7 Å². The number of aromatic carboxylic acids is 1. The molecule has 0 atom stereocenters. The lowest BCUT2D eigenvalue weighted by Gasteiger charge is -2.05. The second-order valence-corrected chi connectivity index (χ2v) is 6.66. The highest BCUT2D eigenvalue weighted by atomic mass is 32.1. The Morgan fingerprint density at radius 2 is 1.59 bits per heavy atom. The minimum Gasteiger partial charge on any atom is -0.478 e. The number of nitrogens with zero attached hydrogens (tertiary/aromatic N) is 2. The largest absolute Gasteiger partial charge is 0.478 e. The van der Waals surface area contributed by atoms with Crippen LogP contribution in [0.1, 0.15) is 10.4 Å². The van der Waals surface area contributed by atoms with Gasteiger partial charge in [-0.3, -0.25) is 0 Å². The van der Waals surface area contributed by atoms with E-state index in [1.54, 1.807) is 6.07 Å². The summed E-state index contributed by atoms with van der Waals surface area (Å²) in [6.07, 6.45) is 0. The molecule has 4 aromatic rings. The first-order valence-electron chi connectivity index (χ1n) is 8.14. The maximum atomic E-state index is 13.8. The quantitative estimate of drug-likeness (QED) is 0.520. The number of carboxylic acid groups (broad SMARTS) is 1. The lowest BCUT2D eigenvalue weighted by atomic mass is 10.0. The Hall–Kier alpha value is -3.38. The Balaban J connectivity index is 1.72. The van der Waals surface area contributed by atoms with Crippen molar-refractivity contribution in [3.8, 4) is 33.1 Å². The average Bonchev–Trinajstić information content (AvgIpc) is 3.18. The third kappa shape index (κ3) is 3.61. The van der Waals surface area contributed by atoms with E-state index < -0.39 is 11.8 Å². The number of aromatic nitrogens is 2. The summed E-state index contributed by atoms with van der Waals surface area (Å²) in [5.74, 6) is -1.18. The zero-order valence-corrected chi connectivity index (χ0v) is 14.8. The Morgan fingerprint density at radius 3 is 2.37 bits per heavy atom. The third-order valence-corrected chi connectivity index (χ3v) is 4.81. The standard InChI is InChI=1S/C21H13FN2O2S/c22-18-11-16(10-17(12-18)21(25)26)14-7-4-8-15(9-14)19-23-20(27-24-19)13-5-2-1-3-6-13/h1-12H,(H,25,26). The van der Waals surface area contributed by atoms with Gasteiger partial charge in [0.1, 0.15) is 10.8 Å². The fourth-order valence-electron chi connectivity index (χ4n) is 2.76. The van der Waals surface area contributed by atoms with Crippen LogP contribution in [0.5, 0.6) is 0 Å². The van der Waals surface area contributed by atoms with Crippen molar-refractivity contribution in [1.82, 2.24) is 9.36 Å². The number of hydrogen-bond donors (Lipinski definition) is 1. The first-order valence-corrected chi connectivity index (χ1v) is 8.91. The van der Waals surface area contributed by atoms with Crippen LogP contribution in [0.4, 0.5) is 4.39 Å². The summed E-state index contributed by atoms with van der Waals surface area (Å²) in [5, 5.41) is 9.95. The van der Waals surface area contributed by atoms with E-state index in [9.17, 15) is 9.18 Å². The van der Waals surface area contributed by atoms with Gasteiger partial charge in [-0.05, 0) is 46.9 Å². The van der Waals surface area contributed by atoms with Gasteiger partial charge in [-0.15, -0.1) is 0 Å². The van der Waals surface area contributed by atoms with Gasteiger partial charge < -0.3 is 5.11 Å². The molecule has 3 aromatic carbocycles. The predicted octanol–water partition coefficient (Wildman–Crippen LogP) is 5.38. The van der Waals surface area contributed by atoms with Crippen molar-refractivity contribution in [3.05, 3.63) is 84.2 Å². The Kier molecular flexibility index (Phi) is 4.48. The number of hydrogen-bond acceptors (Lipinski definition) is 4. The van der Waals surface area contributed by atoms with Crippen LogP contribution in [0, 0.1) is 5.82 Å². The molecule has 0 amide bonds. The van der Waals surface area contributed by atoms with E-state index in [0.29, 0.717) is 17.0 Å². The van der Waals surface area contributed by atoms with Crippen LogP contribution in [0.2, 0.25) is 0 Å². The van der Waals surface area contributed by atoms with Gasteiger partial charge in [0.05, 0.1) is 5.56 Å². The molecule has 1 heterocycles. The van der Waals surface area contributed by atoms with Crippen molar-refractivity contribution in [3.63, 3.8) is 0 Å². The third-order valence-electron chi connectivity index (χ3n) is 4.05. The molecular formula is C21H13FN2O2S. The monoisotopic (exact) mass is 376 g/mol. The molecule has 0 saturated carbocycles. The van der Waals surface area contributed by atoms with Crippen LogP contribution < -0.4 is 0 Å². The molecule has 0 saturated heterocycles. The second kappa shape index (κ2) is 7.09. The van der Waals surface area contributed by atoms with Gasteiger partial charge in [-0.1, -0.05) is 48.5 Å². The Morgan fingerprint density at radius 1 is 0.852 bits per heavy atom. The van der Waals surface area contributed by atoms with E-state index in [4.69, 9.17) is 5.11 Å². The molecule has 0 bridgehead atoms. The number of halogens is 1. The molecule has 27 heavy (non-hydrogen) atoms. The maximum absolute atomic E-state index is 13.8. The van der Waals surface area contributed by atoms with Crippen molar-refractivity contribution >= 4 is 17.5 Å². The summed E-state index contributed by atoms with van der Waals surface area (Å²) in [7, 11) is 0. The molecule has 1 aromatic heterocycles. The first-order chi connectivity index (χ1) is 13.1. The molecule has 6 heteroatoms. The van der Waals surface area contributed by atoms with Crippen LogP contribution in [0.25, 0.3) is 33.1 Å². The minimum absolute atomic E-state index is 0.0893. The molecule has 0 aliphatic carbocycles. The number of benzene rings is 3. The van der Waals surface area contributed by atoms with Gasteiger partial charge in [0.25, 0.3) is 0 Å². The Bertz CT molecular complexity index is 1130. The number of carbonyl (C=O) groups is 1. The van der Waals surface area contributed by atoms with Gasteiger partial charge in [0.15, 0.2) is 5.82 Å². The average molecular weight is 376 g/mol. The van der Waals surface area contributed by atoms with Crippen LogP contribution in [0.3, 0.4) is 0 Å². The molecule has 0 unspecified atom stereocenters. The molecule has 1 N–H and O–H groups in total. The van der Waals surface area contributed by atoms with Crippen LogP contribution in [-0.4, -0.2) is 20.4 Å². The highest BCUT2D eigenvalue weighted by Gasteiger charge is 2.12. The lowest BCUT2D eigenvalue weighted by molar-refractivity contribution is 0.0696. The molecule has 4 rings (SSSR count). The molecular weight excluding hydrogens is 363 g/mol. The van der Waals surface area contributed by atoms with Gasteiger partial charge in [0, 0.05) is 11.1 Å². The van der Waals surface area contributed by atoms with Gasteiger partial charge >= 0.3 is 5.97 Å². The summed E-state index contributed by atoms with van der Waals surface area (Å²) >= 11 is 1.31. The van der Waals surface area contributed by atoms with E-state index >= 15 is 0 Å². The summed E-state index contributed by atoms with van der Waals surface area (Å²) in [6.45, 7) is 0. The zero-order valence-electron chi connectivity index (χ0n) is 14.0. The maximum Gasteiger partial charge on any atom is 0.335 e. The molecule has 0 fully saturated rings. The van der Waals surface area contributed by atoms with Crippen molar-refractivity contribution in [2.45, 2.75) is 0 Å². The summed E-state index contributed by atoms with van der Waals surface area (Å²) < 4.78 is 18.2. The molecule has 132 valence electrons. The van der Waals surface area contributed by atoms with Crippen LogP contribution in [0.15, 0.2) is 72.8 Å². The van der Waals surface area contributed by atoms with Crippen molar-refractivity contribution in [1.29, 1.82) is 0 Å². The topological polar surface area (TPSA) is 63.1 Å². The van der Waals surface area contributed by atoms with Crippen molar-refractivity contribution in [2.24, 2.45) is 0 Å².